The molecule has 116 valence electrons. The van der Waals surface area contributed by atoms with Crippen LogP contribution in [0.15, 0.2) is 42.7 Å². The average Bonchev–Trinajstić information content (AvgIpc) is 3.19. The Balaban J connectivity index is 1.66. The Morgan fingerprint density at radius 3 is 3.00 bits per heavy atom. The number of carbonyl (C=O) groups is 1. The SMILES string of the molecule is O=C(CO)N[C@H]1COC[C@H]1Oc1cnn(-c2ccccc2)c1. The summed E-state index contributed by atoms with van der Waals surface area (Å²) in [6.45, 7) is 0.200. The summed E-state index contributed by atoms with van der Waals surface area (Å²) < 4.78 is 12.9. The second-order valence-corrected chi connectivity index (χ2v) is 4.98. The summed E-state index contributed by atoms with van der Waals surface area (Å²) in [6, 6.07) is 9.42. The lowest BCUT2D eigenvalue weighted by molar-refractivity contribution is -0.124. The van der Waals surface area contributed by atoms with E-state index in [1.807, 2.05) is 30.3 Å². The third kappa shape index (κ3) is 3.26. The molecule has 2 atom stereocenters. The van der Waals surface area contributed by atoms with Crippen molar-refractivity contribution >= 4 is 5.91 Å². The van der Waals surface area contributed by atoms with Gasteiger partial charge in [0.15, 0.2) is 5.75 Å². The van der Waals surface area contributed by atoms with Crippen molar-refractivity contribution < 1.29 is 19.4 Å². The number of amides is 1. The fourth-order valence-electron chi connectivity index (χ4n) is 2.30. The number of ether oxygens (including phenoxy) is 2. The number of aliphatic hydroxyl groups is 1. The zero-order chi connectivity index (χ0) is 15.4. The van der Waals surface area contributed by atoms with Crippen LogP contribution in [0.2, 0.25) is 0 Å². The summed E-state index contributed by atoms with van der Waals surface area (Å²) in [5.74, 6) is 0.159. The van der Waals surface area contributed by atoms with Gasteiger partial charge in [0.1, 0.15) is 12.7 Å². The number of rotatable bonds is 5. The summed E-state index contributed by atoms with van der Waals surface area (Å²) in [7, 11) is 0. The molecule has 3 rings (SSSR count). The highest BCUT2D eigenvalue weighted by Crippen LogP contribution is 2.18. The maximum absolute atomic E-state index is 11.3. The van der Waals surface area contributed by atoms with Gasteiger partial charge >= 0.3 is 0 Å². The molecule has 0 radical (unpaired) electrons. The molecule has 2 aromatic rings. The first-order valence-corrected chi connectivity index (χ1v) is 7.01. The van der Waals surface area contributed by atoms with Crippen molar-refractivity contribution in [1.82, 2.24) is 15.1 Å². The van der Waals surface area contributed by atoms with Crippen molar-refractivity contribution in [2.24, 2.45) is 0 Å². The van der Waals surface area contributed by atoms with Crippen molar-refractivity contribution in [2.45, 2.75) is 12.1 Å². The molecule has 0 aliphatic carbocycles. The molecule has 7 heteroatoms. The summed E-state index contributed by atoms with van der Waals surface area (Å²) in [4.78, 5) is 11.3. The van der Waals surface area contributed by atoms with Crippen LogP contribution in [0.5, 0.6) is 5.75 Å². The van der Waals surface area contributed by atoms with E-state index in [1.165, 1.54) is 0 Å². The Morgan fingerprint density at radius 2 is 2.23 bits per heavy atom. The third-order valence-electron chi connectivity index (χ3n) is 3.39. The Kier molecular flexibility index (Phi) is 4.36. The number of nitrogens with one attached hydrogen (secondary N) is 1. The van der Waals surface area contributed by atoms with E-state index >= 15 is 0 Å². The summed E-state index contributed by atoms with van der Waals surface area (Å²) >= 11 is 0. The fourth-order valence-corrected chi connectivity index (χ4v) is 2.30. The number of nitrogens with zero attached hydrogens (tertiary/aromatic N) is 2. The van der Waals surface area contributed by atoms with E-state index in [-0.39, 0.29) is 12.1 Å². The van der Waals surface area contributed by atoms with Crippen LogP contribution in [-0.2, 0) is 9.53 Å². The first-order valence-electron chi connectivity index (χ1n) is 7.01. The zero-order valence-electron chi connectivity index (χ0n) is 11.9. The Morgan fingerprint density at radius 1 is 1.41 bits per heavy atom. The first kappa shape index (κ1) is 14.6. The Hall–Kier alpha value is -2.38. The van der Waals surface area contributed by atoms with Crippen LogP contribution in [0.4, 0.5) is 0 Å². The molecule has 22 heavy (non-hydrogen) atoms. The molecule has 1 aliphatic heterocycles. The lowest BCUT2D eigenvalue weighted by Crippen LogP contribution is -2.46. The van der Waals surface area contributed by atoms with Crippen LogP contribution in [-0.4, -0.2) is 52.8 Å². The van der Waals surface area contributed by atoms with Gasteiger partial charge in [-0.15, -0.1) is 0 Å². The topological polar surface area (TPSA) is 85.6 Å². The van der Waals surface area contributed by atoms with Crippen LogP contribution in [0.25, 0.3) is 5.69 Å². The van der Waals surface area contributed by atoms with Crippen LogP contribution in [0.3, 0.4) is 0 Å². The zero-order valence-corrected chi connectivity index (χ0v) is 11.9. The maximum atomic E-state index is 11.3. The van der Waals surface area contributed by atoms with Crippen molar-refractivity contribution in [2.75, 3.05) is 19.8 Å². The van der Waals surface area contributed by atoms with E-state index in [4.69, 9.17) is 14.6 Å². The summed E-state index contributed by atoms with van der Waals surface area (Å²) in [6.07, 6.45) is 3.10. The molecule has 0 saturated carbocycles. The van der Waals surface area contributed by atoms with Crippen LogP contribution < -0.4 is 10.1 Å². The molecular formula is C15H17N3O4. The summed E-state index contributed by atoms with van der Waals surface area (Å²) in [5.41, 5.74) is 0.935. The lowest BCUT2D eigenvalue weighted by atomic mass is 10.2. The third-order valence-corrected chi connectivity index (χ3v) is 3.39. The molecule has 2 heterocycles. The normalized spacial score (nSPS) is 20.8. The molecule has 0 bridgehead atoms. The van der Waals surface area contributed by atoms with Crippen molar-refractivity contribution in [1.29, 1.82) is 0 Å². The molecule has 1 amide bonds. The minimum absolute atomic E-state index is 0.278. The number of para-hydroxylation sites is 1. The van der Waals surface area contributed by atoms with Gasteiger partial charge < -0.3 is 19.9 Å². The van der Waals surface area contributed by atoms with Crippen LogP contribution in [0.1, 0.15) is 0 Å². The van der Waals surface area contributed by atoms with Gasteiger partial charge in [0.2, 0.25) is 5.91 Å². The molecule has 0 unspecified atom stereocenters. The largest absolute Gasteiger partial charge is 0.482 e. The van der Waals surface area contributed by atoms with Gasteiger partial charge in [-0.25, -0.2) is 4.68 Å². The Labute approximate surface area is 127 Å². The molecule has 1 aromatic heterocycles. The molecular weight excluding hydrogens is 286 g/mol. The van der Waals surface area contributed by atoms with E-state index in [2.05, 4.69) is 10.4 Å². The van der Waals surface area contributed by atoms with Gasteiger partial charge in [0.05, 0.1) is 37.3 Å². The highest BCUT2D eigenvalue weighted by Gasteiger charge is 2.31. The van der Waals surface area contributed by atoms with Gasteiger partial charge in [0, 0.05) is 0 Å². The van der Waals surface area contributed by atoms with E-state index in [0.717, 1.165) is 5.69 Å². The number of benzene rings is 1. The number of aliphatic hydroxyl groups excluding tert-OH is 1. The standard InChI is InChI=1S/C15H17N3O4/c19-8-15(20)17-13-9-21-10-14(13)22-12-6-16-18(7-12)11-4-2-1-3-5-11/h1-7,13-14,19H,8-10H2,(H,17,20)/t13-,14+/m0/s1. The maximum Gasteiger partial charge on any atom is 0.246 e. The van der Waals surface area contributed by atoms with E-state index < -0.39 is 12.5 Å². The first-order chi connectivity index (χ1) is 10.8. The van der Waals surface area contributed by atoms with Crippen LogP contribution in [0, 0.1) is 0 Å². The van der Waals surface area contributed by atoms with Gasteiger partial charge in [-0.05, 0) is 12.1 Å². The van der Waals surface area contributed by atoms with Gasteiger partial charge in [-0.3, -0.25) is 4.79 Å². The number of aromatic nitrogens is 2. The molecule has 2 N–H and O–H groups in total. The van der Waals surface area contributed by atoms with Gasteiger partial charge in [-0.1, -0.05) is 18.2 Å². The summed E-state index contributed by atoms with van der Waals surface area (Å²) in [5, 5.41) is 15.7. The highest BCUT2D eigenvalue weighted by molar-refractivity contribution is 5.77. The average molecular weight is 303 g/mol. The predicted molar refractivity (Wildman–Crippen MR) is 77.8 cm³/mol. The second kappa shape index (κ2) is 6.59. The predicted octanol–water partition coefficient (Wildman–Crippen LogP) is 0.127. The molecule has 1 fully saturated rings. The molecule has 1 aromatic carbocycles. The van der Waals surface area contributed by atoms with Gasteiger partial charge in [-0.2, -0.15) is 5.10 Å². The van der Waals surface area contributed by atoms with E-state index in [0.29, 0.717) is 19.0 Å². The second-order valence-electron chi connectivity index (χ2n) is 4.98. The lowest BCUT2D eigenvalue weighted by Gasteiger charge is -2.19. The van der Waals surface area contributed by atoms with Crippen molar-refractivity contribution in [3.8, 4) is 11.4 Å². The Bertz CT molecular complexity index is 629. The highest BCUT2D eigenvalue weighted by atomic mass is 16.5. The fraction of sp³-hybridized carbons (Fsp3) is 0.333. The quantitative estimate of drug-likeness (QED) is 0.820. The van der Waals surface area contributed by atoms with E-state index in [9.17, 15) is 4.79 Å². The molecule has 7 nitrogen and oxygen atoms in total. The minimum atomic E-state index is -0.546. The monoisotopic (exact) mass is 303 g/mol. The number of hydrogen-bond donors (Lipinski definition) is 2. The van der Waals surface area contributed by atoms with Crippen molar-refractivity contribution in [3.05, 3.63) is 42.7 Å². The van der Waals surface area contributed by atoms with E-state index in [1.54, 1.807) is 17.1 Å². The number of hydrogen-bond acceptors (Lipinski definition) is 5. The van der Waals surface area contributed by atoms with Gasteiger partial charge in [0.25, 0.3) is 0 Å². The number of carbonyl (C=O) groups excluding carboxylic acids is 1. The molecule has 0 spiro atoms. The molecule has 1 saturated heterocycles. The molecule has 1 aliphatic rings. The van der Waals surface area contributed by atoms with Crippen molar-refractivity contribution in [3.63, 3.8) is 0 Å². The smallest absolute Gasteiger partial charge is 0.246 e. The van der Waals surface area contributed by atoms with Crippen LogP contribution >= 0.6 is 0 Å². The minimum Gasteiger partial charge on any atom is -0.482 e.